The molecule has 11 heavy (non-hydrogen) atoms. The molecule has 64 valence electrons. The number of rotatable bonds is 2. The maximum absolute atomic E-state index is 10.7. The highest BCUT2D eigenvalue weighted by atomic mass is 16.2. The average Bonchev–Trinajstić information content (AvgIpc) is 2.52. The van der Waals surface area contributed by atoms with Gasteiger partial charge < -0.3 is 16.0 Å². The van der Waals surface area contributed by atoms with Crippen molar-refractivity contribution in [3.63, 3.8) is 0 Å². The van der Waals surface area contributed by atoms with Crippen LogP contribution in [0.15, 0.2) is 0 Å². The van der Waals surface area contributed by atoms with Gasteiger partial charge in [-0.3, -0.25) is 0 Å². The van der Waals surface area contributed by atoms with Crippen molar-refractivity contribution in [1.29, 1.82) is 0 Å². The third-order valence-electron chi connectivity index (χ3n) is 1.94. The van der Waals surface area contributed by atoms with Gasteiger partial charge in [0, 0.05) is 13.6 Å². The lowest BCUT2D eigenvalue weighted by atomic mass is 10.1. The van der Waals surface area contributed by atoms with Crippen LogP contribution < -0.4 is 16.0 Å². The van der Waals surface area contributed by atoms with Crippen LogP contribution in [0.3, 0.4) is 0 Å². The van der Waals surface area contributed by atoms with Crippen molar-refractivity contribution in [3.8, 4) is 0 Å². The molecule has 3 N–H and O–H groups in total. The SMILES string of the molecule is CNC(=O)NC[C@H]1CCNC1. The first-order valence-corrected chi connectivity index (χ1v) is 3.99. The van der Waals surface area contributed by atoms with Crippen LogP contribution in [0.5, 0.6) is 0 Å². The highest BCUT2D eigenvalue weighted by Gasteiger charge is 2.14. The van der Waals surface area contributed by atoms with Gasteiger partial charge in [0.1, 0.15) is 0 Å². The van der Waals surface area contributed by atoms with Gasteiger partial charge in [-0.25, -0.2) is 4.79 Å². The second-order valence-corrected chi connectivity index (χ2v) is 2.82. The van der Waals surface area contributed by atoms with Crippen molar-refractivity contribution in [2.24, 2.45) is 5.92 Å². The van der Waals surface area contributed by atoms with Gasteiger partial charge in [0.2, 0.25) is 0 Å². The van der Waals surface area contributed by atoms with E-state index in [-0.39, 0.29) is 6.03 Å². The summed E-state index contributed by atoms with van der Waals surface area (Å²) in [5, 5.41) is 8.55. The predicted octanol–water partition coefficient (Wildman–Crippen LogP) is -0.475. The molecule has 1 heterocycles. The zero-order valence-electron chi connectivity index (χ0n) is 6.81. The number of nitrogens with one attached hydrogen (secondary N) is 3. The summed E-state index contributed by atoms with van der Waals surface area (Å²) < 4.78 is 0. The molecule has 0 aromatic heterocycles. The van der Waals surface area contributed by atoms with E-state index in [2.05, 4.69) is 16.0 Å². The van der Waals surface area contributed by atoms with Gasteiger partial charge >= 0.3 is 6.03 Å². The zero-order valence-corrected chi connectivity index (χ0v) is 6.81. The van der Waals surface area contributed by atoms with Gasteiger partial charge in [0.15, 0.2) is 0 Å². The monoisotopic (exact) mass is 157 g/mol. The fraction of sp³-hybridized carbons (Fsp3) is 0.857. The highest BCUT2D eigenvalue weighted by molar-refractivity contribution is 5.73. The molecule has 4 heteroatoms. The van der Waals surface area contributed by atoms with Crippen molar-refractivity contribution in [1.82, 2.24) is 16.0 Å². The molecule has 0 aromatic rings. The van der Waals surface area contributed by atoms with Gasteiger partial charge in [0.05, 0.1) is 0 Å². The van der Waals surface area contributed by atoms with E-state index in [0.717, 1.165) is 19.6 Å². The number of hydrogen-bond donors (Lipinski definition) is 3. The molecular formula is C7H15N3O. The van der Waals surface area contributed by atoms with Crippen molar-refractivity contribution in [3.05, 3.63) is 0 Å². The van der Waals surface area contributed by atoms with E-state index in [0.29, 0.717) is 5.92 Å². The lowest BCUT2D eigenvalue weighted by Crippen LogP contribution is -2.36. The van der Waals surface area contributed by atoms with Crippen LogP contribution in [0.25, 0.3) is 0 Å². The number of carbonyl (C=O) groups is 1. The molecule has 1 atom stereocenters. The van der Waals surface area contributed by atoms with Gasteiger partial charge in [-0.15, -0.1) is 0 Å². The lowest BCUT2D eigenvalue weighted by Gasteiger charge is -2.08. The first-order chi connectivity index (χ1) is 5.33. The molecule has 2 amide bonds. The molecule has 1 saturated heterocycles. The molecule has 0 aliphatic carbocycles. The topological polar surface area (TPSA) is 53.2 Å². The molecule has 0 saturated carbocycles. The van der Waals surface area contributed by atoms with Crippen LogP contribution >= 0.6 is 0 Å². The van der Waals surface area contributed by atoms with Crippen molar-refractivity contribution >= 4 is 6.03 Å². The first-order valence-electron chi connectivity index (χ1n) is 3.99. The van der Waals surface area contributed by atoms with Gasteiger partial charge in [-0.2, -0.15) is 0 Å². The Morgan fingerprint density at radius 1 is 1.73 bits per heavy atom. The Bertz CT molecular complexity index is 132. The standard InChI is InChI=1S/C7H15N3O/c1-8-7(11)10-5-6-2-3-9-4-6/h6,9H,2-5H2,1H3,(H2,8,10,11)/t6-/m0/s1. The summed E-state index contributed by atoms with van der Waals surface area (Å²) in [5.41, 5.74) is 0. The third-order valence-corrected chi connectivity index (χ3v) is 1.94. The Hall–Kier alpha value is -0.770. The summed E-state index contributed by atoms with van der Waals surface area (Å²) in [5.74, 6) is 0.618. The predicted molar refractivity (Wildman–Crippen MR) is 43.4 cm³/mol. The molecule has 0 aromatic carbocycles. The maximum Gasteiger partial charge on any atom is 0.314 e. The zero-order chi connectivity index (χ0) is 8.10. The van der Waals surface area contributed by atoms with Crippen LogP contribution in [0.2, 0.25) is 0 Å². The summed E-state index contributed by atoms with van der Waals surface area (Å²) in [6.45, 7) is 2.90. The molecule has 1 rings (SSSR count). The van der Waals surface area contributed by atoms with E-state index in [1.807, 2.05) is 0 Å². The smallest absolute Gasteiger partial charge is 0.314 e. The van der Waals surface area contributed by atoms with Crippen LogP contribution in [0.4, 0.5) is 4.79 Å². The van der Waals surface area contributed by atoms with Crippen LogP contribution in [0.1, 0.15) is 6.42 Å². The molecule has 1 aliphatic heterocycles. The van der Waals surface area contributed by atoms with Gasteiger partial charge in [0.25, 0.3) is 0 Å². The Morgan fingerprint density at radius 2 is 2.55 bits per heavy atom. The van der Waals surface area contributed by atoms with Crippen LogP contribution in [0, 0.1) is 5.92 Å². The summed E-state index contributed by atoms with van der Waals surface area (Å²) in [7, 11) is 1.63. The minimum atomic E-state index is -0.0862. The van der Waals surface area contributed by atoms with E-state index >= 15 is 0 Å². The number of amides is 2. The van der Waals surface area contributed by atoms with E-state index in [4.69, 9.17) is 0 Å². The van der Waals surface area contributed by atoms with Gasteiger partial charge in [-0.1, -0.05) is 0 Å². The molecule has 0 radical (unpaired) electrons. The number of urea groups is 1. The molecule has 0 unspecified atom stereocenters. The van der Waals surface area contributed by atoms with Crippen LogP contribution in [-0.2, 0) is 0 Å². The summed E-state index contributed by atoms with van der Waals surface area (Å²) in [4.78, 5) is 10.7. The number of hydrogen-bond acceptors (Lipinski definition) is 2. The molecular weight excluding hydrogens is 142 g/mol. The van der Waals surface area contributed by atoms with Crippen molar-refractivity contribution in [2.75, 3.05) is 26.7 Å². The Morgan fingerprint density at radius 3 is 3.09 bits per heavy atom. The Labute approximate surface area is 66.7 Å². The van der Waals surface area contributed by atoms with E-state index < -0.39 is 0 Å². The Kier molecular flexibility index (Phi) is 3.16. The van der Waals surface area contributed by atoms with E-state index in [1.165, 1.54) is 6.42 Å². The molecule has 1 fully saturated rings. The van der Waals surface area contributed by atoms with E-state index in [9.17, 15) is 4.79 Å². The summed E-state index contributed by atoms with van der Waals surface area (Å²) >= 11 is 0. The fourth-order valence-electron chi connectivity index (χ4n) is 1.21. The second-order valence-electron chi connectivity index (χ2n) is 2.82. The third kappa shape index (κ3) is 2.76. The lowest BCUT2D eigenvalue weighted by molar-refractivity contribution is 0.241. The second kappa shape index (κ2) is 4.18. The summed E-state index contributed by atoms with van der Waals surface area (Å²) in [6.07, 6.45) is 1.17. The van der Waals surface area contributed by atoms with Crippen molar-refractivity contribution < 1.29 is 4.79 Å². The first kappa shape index (κ1) is 8.33. The summed E-state index contributed by atoms with van der Waals surface area (Å²) in [6, 6.07) is -0.0862. The van der Waals surface area contributed by atoms with Crippen LogP contribution in [-0.4, -0.2) is 32.7 Å². The molecule has 1 aliphatic rings. The quantitative estimate of drug-likeness (QED) is 0.507. The molecule has 0 bridgehead atoms. The van der Waals surface area contributed by atoms with Crippen molar-refractivity contribution in [2.45, 2.75) is 6.42 Å². The van der Waals surface area contributed by atoms with Gasteiger partial charge in [-0.05, 0) is 25.4 Å². The largest absolute Gasteiger partial charge is 0.341 e. The average molecular weight is 157 g/mol. The molecule has 4 nitrogen and oxygen atoms in total. The number of carbonyl (C=O) groups excluding carboxylic acids is 1. The molecule has 0 spiro atoms. The Balaban J connectivity index is 2.06. The van der Waals surface area contributed by atoms with E-state index in [1.54, 1.807) is 7.05 Å². The maximum atomic E-state index is 10.7. The minimum Gasteiger partial charge on any atom is -0.341 e. The minimum absolute atomic E-state index is 0.0862. The normalized spacial score (nSPS) is 23.2. The highest BCUT2D eigenvalue weighted by Crippen LogP contribution is 2.04. The fourth-order valence-corrected chi connectivity index (χ4v) is 1.21.